The van der Waals surface area contributed by atoms with Gasteiger partial charge in [-0.15, -0.1) is 0 Å². The predicted molar refractivity (Wildman–Crippen MR) is 57.3 cm³/mol. The van der Waals surface area contributed by atoms with Crippen LogP contribution in [0.5, 0.6) is 0 Å². The Morgan fingerprint density at radius 2 is 2.29 bits per heavy atom. The monoisotopic (exact) mass is 197 g/mol. The van der Waals surface area contributed by atoms with Gasteiger partial charge in [0, 0.05) is 26.4 Å². The molecule has 1 heterocycles. The standard InChI is InChI=1S/C10H19N3O/c1-8(2)9(7-14-4)11-10-5-6-13(3)12-10/h5-6,8-9H,7H2,1-4H3,(H,11,12). The molecule has 0 amide bonds. The summed E-state index contributed by atoms with van der Waals surface area (Å²) in [5.41, 5.74) is 0. The number of nitrogens with one attached hydrogen (secondary N) is 1. The molecular weight excluding hydrogens is 178 g/mol. The van der Waals surface area contributed by atoms with Crippen molar-refractivity contribution >= 4 is 5.82 Å². The lowest BCUT2D eigenvalue weighted by molar-refractivity contribution is 0.171. The van der Waals surface area contributed by atoms with E-state index in [9.17, 15) is 0 Å². The number of rotatable bonds is 5. The van der Waals surface area contributed by atoms with Crippen LogP contribution >= 0.6 is 0 Å². The van der Waals surface area contributed by atoms with Crippen LogP contribution in [0.3, 0.4) is 0 Å². The van der Waals surface area contributed by atoms with Gasteiger partial charge in [-0.25, -0.2) is 0 Å². The second kappa shape index (κ2) is 5.00. The number of anilines is 1. The molecule has 80 valence electrons. The molecule has 1 atom stereocenters. The van der Waals surface area contributed by atoms with Crippen LogP contribution in [0.4, 0.5) is 5.82 Å². The first-order valence-electron chi connectivity index (χ1n) is 4.88. The molecule has 1 N–H and O–H groups in total. The Labute approximate surface area is 85.3 Å². The summed E-state index contributed by atoms with van der Waals surface area (Å²) in [6, 6.07) is 2.28. The molecule has 0 aliphatic heterocycles. The lowest BCUT2D eigenvalue weighted by Gasteiger charge is -2.21. The Balaban J connectivity index is 2.55. The Morgan fingerprint density at radius 3 is 2.71 bits per heavy atom. The first-order valence-corrected chi connectivity index (χ1v) is 4.88. The van der Waals surface area contributed by atoms with Crippen molar-refractivity contribution in [2.75, 3.05) is 19.0 Å². The molecule has 0 saturated carbocycles. The molecule has 0 aromatic carbocycles. The normalized spacial score (nSPS) is 13.2. The second-order valence-electron chi connectivity index (χ2n) is 3.82. The summed E-state index contributed by atoms with van der Waals surface area (Å²) in [6.45, 7) is 5.04. The lowest BCUT2D eigenvalue weighted by Crippen LogP contribution is -2.30. The van der Waals surface area contributed by atoms with Gasteiger partial charge in [-0.2, -0.15) is 5.10 Å². The van der Waals surface area contributed by atoms with Gasteiger partial charge in [-0.3, -0.25) is 4.68 Å². The zero-order valence-corrected chi connectivity index (χ0v) is 9.32. The summed E-state index contributed by atoms with van der Waals surface area (Å²) >= 11 is 0. The van der Waals surface area contributed by atoms with Crippen LogP contribution in [0.1, 0.15) is 13.8 Å². The molecule has 0 radical (unpaired) electrons. The molecule has 0 bridgehead atoms. The van der Waals surface area contributed by atoms with E-state index in [4.69, 9.17) is 4.74 Å². The molecule has 0 spiro atoms. The maximum atomic E-state index is 5.15. The summed E-state index contributed by atoms with van der Waals surface area (Å²) in [5.74, 6) is 1.43. The van der Waals surface area contributed by atoms with E-state index in [2.05, 4.69) is 24.3 Å². The maximum absolute atomic E-state index is 5.15. The zero-order valence-electron chi connectivity index (χ0n) is 9.32. The third-order valence-corrected chi connectivity index (χ3v) is 2.20. The van der Waals surface area contributed by atoms with Crippen LogP contribution in [-0.2, 0) is 11.8 Å². The molecule has 0 saturated heterocycles. The number of hydrogen-bond donors (Lipinski definition) is 1. The summed E-state index contributed by atoms with van der Waals surface area (Å²) in [6.07, 6.45) is 1.92. The smallest absolute Gasteiger partial charge is 0.148 e. The topological polar surface area (TPSA) is 39.1 Å². The summed E-state index contributed by atoms with van der Waals surface area (Å²) in [4.78, 5) is 0. The van der Waals surface area contributed by atoms with Gasteiger partial charge in [-0.1, -0.05) is 13.8 Å². The van der Waals surface area contributed by atoms with Crippen molar-refractivity contribution in [3.63, 3.8) is 0 Å². The fraction of sp³-hybridized carbons (Fsp3) is 0.700. The number of methoxy groups -OCH3 is 1. The summed E-state index contributed by atoms with van der Waals surface area (Å²) < 4.78 is 6.93. The third-order valence-electron chi connectivity index (χ3n) is 2.20. The molecule has 0 aliphatic rings. The average molecular weight is 197 g/mol. The van der Waals surface area contributed by atoms with Crippen LogP contribution in [0.2, 0.25) is 0 Å². The van der Waals surface area contributed by atoms with Crippen molar-refractivity contribution in [2.24, 2.45) is 13.0 Å². The minimum atomic E-state index is 0.315. The molecular formula is C10H19N3O. The quantitative estimate of drug-likeness (QED) is 0.777. The van der Waals surface area contributed by atoms with Crippen molar-refractivity contribution in [3.05, 3.63) is 12.3 Å². The highest BCUT2D eigenvalue weighted by molar-refractivity contribution is 5.33. The van der Waals surface area contributed by atoms with E-state index in [0.717, 1.165) is 5.82 Å². The van der Waals surface area contributed by atoms with Crippen molar-refractivity contribution in [3.8, 4) is 0 Å². The van der Waals surface area contributed by atoms with Crippen LogP contribution in [0, 0.1) is 5.92 Å². The number of aryl methyl sites for hydroxylation is 1. The fourth-order valence-corrected chi connectivity index (χ4v) is 1.26. The molecule has 1 aromatic heterocycles. The van der Waals surface area contributed by atoms with E-state index in [1.165, 1.54) is 0 Å². The van der Waals surface area contributed by atoms with Gasteiger partial charge in [0.25, 0.3) is 0 Å². The molecule has 14 heavy (non-hydrogen) atoms. The molecule has 1 unspecified atom stereocenters. The van der Waals surface area contributed by atoms with Gasteiger partial charge in [0.2, 0.25) is 0 Å². The summed E-state index contributed by atoms with van der Waals surface area (Å²) in [7, 11) is 3.63. The lowest BCUT2D eigenvalue weighted by atomic mass is 10.1. The molecule has 0 fully saturated rings. The van der Waals surface area contributed by atoms with Crippen molar-refractivity contribution in [1.29, 1.82) is 0 Å². The maximum Gasteiger partial charge on any atom is 0.148 e. The Morgan fingerprint density at radius 1 is 1.57 bits per heavy atom. The van der Waals surface area contributed by atoms with Gasteiger partial charge >= 0.3 is 0 Å². The first kappa shape index (κ1) is 11.0. The minimum Gasteiger partial charge on any atom is -0.383 e. The van der Waals surface area contributed by atoms with Crippen LogP contribution in [0.25, 0.3) is 0 Å². The van der Waals surface area contributed by atoms with Crippen LogP contribution in [0.15, 0.2) is 12.3 Å². The van der Waals surface area contributed by atoms with Crippen molar-refractivity contribution in [1.82, 2.24) is 9.78 Å². The largest absolute Gasteiger partial charge is 0.383 e. The van der Waals surface area contributed by atoms with Crippen LogP contribution < -0.4 is 5.32 Å². The highest BCUT2D eigenvalue weighted by Gasteiger charge is 2.13. The Hall–Kier alpha value is -1.03. The molecule has 1 rings (SSSR count). The van der Waals surface area contributed by atoms with E-state index in [0.29, 0.717) is 18.6 Å². The highest BCUT2D eigenvalue weighted by Crippen LogP contribution is 2.10. The molecule has 4 heteroatoms. The first-order chi connectivity index (χ1) is 6.63. The summed E-state index contributed by atoms with van der Waals surface area (Å²) in [5, 5.41) is 7.61. The number of hydrogen-bond acceptors (Lipinski definition) is 3. The van der Waals surface area contributed by atoms with Gasteiger partial charge in [0.05, 0.1) is 12.6 Å². The zero-order chi connectivity index (χ0) is 10.6. The predicted octanol–water partition coefficient (Wildman–Crippen LogP) is 1.50. The van der Waals surface area contributed by atoms with Gasteiger partial charge in [0.15, 0.2) is 0 Å². The minimum absolute atomic E-state index is 0.315. The SMILES string of the molecule is COCC(Nc1ccn(C)n1)C(C)C. The average Bonchev–Trinajstić information content (AvgIpc) is 2.50. The van der Waals surface area contributed by atoms with Gasteiger partial charge in [-0.05, 0) is 5.92 Å². The third kappa shape index (κ3) is 3.03. The van der Waals surface area contributed by atoms with Gasteiger partial charge in [0.1, 0.15) is 5.82 Å². The van der Waals surface area contributed by atoms with E-state index in [1.54, 1.807) is 11.8 Å². The van der Waals surface area contributed by atoms with Crippen molar-refractivity contribution < 1.29 is 4.74 Å². The number of ether oxygens (including phenoxy) is 1. The van der Waals surface area contributed by atoms with E-state index >= 15 is 0 Å². The van der Waals surface area contributed by atoms with Gasteiger partial charge < -0.3 is 10.1 Å². The molecule has 4 nitrogen and oxygen atoms in total. The van der Waals surface area contributed by atoms with Crippen LogP contribution in [-0.4, -0.2) is 29.5 Å². The highest BCUT2D eigenvalue weighted by atomic mass is 16.5. The van der Waals surface area contributed by atoms with Crippen molar-refractivity contribution in [2.45, 2.75) is 19.9 Å². The second-order valence-corrected chi connectivity index (χ2v) is 3.82. The Bertz CT molecular complexity index is 270. The van der Waals surface area contributed by atoms with E-state index in [1.807, 2.05) is 19.3 Å². The number of nitrogens with zero attached hydrogens (tertiary/aromatic N) is 2. The Kier molecular flexibility index (Phi) is 3.95. The van der Waals surface area contributed by atoms with E-state index in [-0.39, 0.29) is 0 Å². The molecule has 0 aliphatic carbocycles. The van der Waals surface area contributed by atoms with E-state index < -0.39 is 0 Å². The molecule has 1 aromatic rings. The fourth-order valence-electron chi connectivity index (χ4n) is 1.26. The number of aromatic nitrogens is 2.